The summed E-state index contributed by atoms with van der Waals surface area (Å²) in [7, 11) is 0. The van der Waals surface area contributed by atoms with Crippen molar-refractivity contribution in [3.63, 3.8) is 0 Å². The molecular formula is C21H21BrO5. The summed E-state index contributed by atoms with van der Waals surface area (Å²) in [5.41, 5.74) is 1.13. The third-order valence-corrected chi connectivity index (χ3v) is 5.17. The molecule has 2 aromatic carbocycles. The fourth-order valence-corrected chi connectivity index (χ4v) is 3.57. The Balaban J connectivity index is 1.51. The van der Waals surface area contributed by atoms with Crippen LogP contribution >= 0.6 is 15.9 Å². The second-order valence-electron chi connectivity index (χ2n) is 6.70. The Morgan fingerprint density at radius 1 is 0.926 bits per heavy atom. The van der Waals surface area contributed by atoms with Gasteiger partial charge in [-0.3, -0.25) is 4.79 Å². The number of rotatable bonds is 6. The van der Waals surface area contributed by atoms with E-state index in [0.717, 1.165) is 29.7 Å². The van der Waals surface area contributed by atoms with Gasteiger partial charge < -0.3 is 18.9 Å². The molecule has 0 radical (unpaired) electrons. The molecule has 5 nitrogen and oxygen atoms in total. The maximum absolute atomic E-state index is 13.1. The highest BCUT2D eigenvalue weighted by molar-refractivity contribution is 9.10. The normalized spacial score (nSPS) is 22.0. The Hall–Kier alpha value is -1.89. The Morgan fingerprint density at radius 2 is 1.59 bits per heavy atom. The number of ketones is 1. The van der Waals surface area contributed by atoms with Gasteiger partial charge in [-0.2, -0.15) is 0 Å². The van der Waals surface area contributed by atoms with Gasteiger partial charge in [0.05, 0.1) is 32.0 Å². The van der Waals surface area contributed by atoms with E-state index in [9.17, 15) is 4.79 Å². The molecule has 2 aliphatic heterocycles. The Morgan fingerprint density at radius 3 is 2.22 bits per heavy atom. The molecule has 0 aromatic heterocycles. The Bertz CT molecular complexity index is 793. The zero-order chi connectivity index (χ0) is 18.6. The van der Waals surface area contributed by atoms with Crippen molar-refractivity contribution in [1.29, 1.82) is 0 Å². The fraction of sp³-hybridized carbons (Fsp3) is 0.381. The van der Waals surface area contributed by atoms with Crippen LogP contribution in [0.4, 0.5) is 0 Å². The van der Waals surface area contributed by atoms with Crippen molar-refractivity contribution in [1.82, 2.24) is 0 Å². The standard InChI is InChI=1S/C21H21BrO5/c22-15-3-6-20(27-18-8-10-25-13-18)19(11-15)21(23)14-1-4-16(5-2-14)26-17-7-9-24-12-17/h1-6,11,17-18H,7-10,12-13H2/t17-,18-/m0/s1. The van der Waals surface area contributed by atoms with Gasteiger partial charge in [0.1, 0.15) is 23.7 Å². The molecule has 142 valence electrons. The minimum Gasteiger partial charge on any atom is -0.488 e. The highest BCUT2D eigenvalue weighted by Crippen LogP contribution is 2.28. The van der Waals surface area contributed by atoms with Crippen molar-refractivity contribution in [2.24, 2.45) is 0 Å². The van der Waals surface area contributed by atoms with Gasteiger partial charge in [0.25, 0.3) is 0 Å². The molecule has 0 spiro atoms. The van der Waals surface area contributed by atoms with E-state index in [2.05, 4.69) is 15.9 Å². The van der Waals surface area contributed by atoms with Crippen molar-refractivity contribution in [3.05, 3.63) is 58.1 Å². The lowest BCUT2D eigenvalue weighted by Crippen LogP contribution is -2.18. The Labute approximate surface area is 166 Å². The number of hydrogen-bond donors (Lipinski definition) is 0. The average molecular weight is 433 g/mol. The van der Waals surface area contributed by atoms with E-state index in [1.165, 1.54) is 0 Å². The summed E-state index contributed by atoms with van der Waals surface area (Å²) >= 11 is 3.45. The first-order chi connectivity index (χ1) is 13.2. The summed E-state index contributed by atoms with van der Waals surface area (Å²) in [4.78, 5) is 13.1. The van der Waals surface area contributed by atoms with Gasteiger partial charge in [-0.25, -0.2) is 0 Å². The quantitative estimate of drug-likeness (QED) is 0.645. The summed E-state index contributed by atoms with van der Waals surface area (Å²) in [6.45, 7) is 2.60. The van der Waals surface area contributed by atoms with E-state index >= 15 is 0 Å². The zero-order valence-corrected chi connectivity index (χ0v) is 16.4. The van der Waals surface area contributed by atoms with Crippen molar-refractivity contribution < 1.29 is 23.7 Å². The molecule has 0 bridgehead atoms. The zero-order valence-electron chi connectivity index (χ0n) is 14.9. The summed E-state index contributed by atoms with van der Waals surface area (Å²) < 4.78 is 23.4. The number of carbonyl (C=O) groups excluding carboxylic acids is 1. The molecule has 0 amide bonds. The van der Waals surface area contributed by atoms with E-state index in [-0.39, 0.29) is 18.0 Å². The van der Waals surface area contributed by atoms with Gasteiger partial charge in [-0.1, -0.05) is 15.9 Å². The van der Waals surface area contributed by atoms with Crippen LogP contribution in [0.25, 0.3) is 0 Å². The van der Waals surface area contributed by atoms with Crippen molar-refractivity contribution in [3.8, 4) is 11.5 Å². The van der Waals surface area contributed by atoms with Crippen LogP contribution in [0.3, 0.4) is 0 Å². The minimum atomic E-state index is -0.0824. The van der Waals surface area contributed by atoms with E-state index in [0.29, 0.717) is 36.7 Å². The molecule has 27 heavy (non-hydrogen) atoms. The minimum absolute atomic E-state index is 0.0119. The predicted molar refractivity (Wildman–Crippen MR) is 104 cm³/mol. The van der Waals surface area contributed by atoms with Crippen LogP contribution in [0, 0.1) is 0 Å². The van der Waals surface area contributed by atoms with Gasteiger partial charge in [-0.15, -0.1) is 0 Å². The number of hydrogen-bond acceptors (Lipinski definition) is 5. The van der Waals surface area contributed by atoms with E-state index < -0.39 is 0 Å². The van der Waals surface area contributed by atoms with Crippen molar-refractivity contribution >= 4 is 21.7 Å². The van der Waals surface area contributed by atoms with Crippen molar-refractivity contribution in [2.45, 2.75) is 25.0 Å². The van der Waals surface area contributed by atoms with Gasteiger partial charge in [0.2, 0.25) is 0 Å². The largest absolute Gasteiger partial charge is 0.488 e. The lowest BCUT2D eigenvalue weighted by atomic mass is 10.0. The third-order valence-electron chi connectivity index (χ3n) is 4.67. The number of carbonyl (C=O) groups is 1. The molecule has 4 rings (SSSR count). The molecule has 6 heteroatoms. The number of benzene rings is 2. The molecule has 0 saturated carbocycles. The van der Waals surface area contributed by atoms with Gasteiger partial charge in [0, 0.05) is 22.9 Å². The topological polar surface area (TPSA) is 54.0 Å². The third kappa shape index (κ3) is 4.51. The molecule has 2 saturated heterocycles. The lowest BCUT2D eigenvalue weighted by Gasteiger charge is -2.16. The van der Waals surface area contributed by atoms with Gasteiger partial charge in [-0.05, 0) is 42.5 Å². The molecule has 2 aliphatic rings. The van der Waals surface area contributed by atoms with E-state index in [1.54, 1.807) is 18.2 Å². The SMILES string of the molecule is O=C(c1ccc(O[C@H]2CCOC2)cc1)c1cc(Br)ccc1O[C@H]1CCOC1. The Kier molecular flexibility index (Phi) is 5.76. The average Bonchev–Trinajstić information content (AvgIpc) is 3.37. The first-order valence-corrected chi connectivity index (χ1v) is 9.91. The fourth-order valence-electron chi connectivity index (χ4n) is 3.21. The van der Waals surface area contributed by atoms with Gasteiger partial charge in [0.15, 0.2) is 5.78 Å². The van der Waals surface area contributed by atoms with Crippen LogP contribution in [0.2, 0.25) is 0 Å². The second-order valence-corrected chi connectivity index (χ2v) is 7.62. The summed E-state index contributed by atoms with van der Waals surface area (Å²) in [6.07, 6.45) is 1.80. The first kappa shape index (κ1) is 18.5. The first-order valence-electron chi connectivity index (χ1n) is 9.12. The molecule has 2 aromatic rings. The highest BCUT2D eigenvalue weighted by Gasteiger charge is 2.22. The molecular weight excluding hydrogens is 412 g/mol. The maximum Gasteiger partial charge on any atom is 0.196 e. The second kappa shape index (κ2) is 8.42. The van der Waals surface area contributed by atoms with Crippen LogP contribution in [-0.2, 0) is 9.47 Å². The summed E-state index contributed by atoms with van der Waals surface area (Å²) in [5, 5.41) is 0. The number of ether oxygens (including phenoxy) is 4. The maximum atomic E-state index is 13.1. The van der Waals surface area contributed by atoms with E-state index in [1.807, 2.05) is 24.3 Å². The van der Waals surface area contributed by atoms with Crippen LogP contribution in [0.15, 0.2) is 46.9 Å². The smallest absolute Gasteiger partial charge is 0.196 e. The molecule has 2 atom stereocenters. The molecule has 2 fully saturated rings. The monoisotopic (exact) mass is 432 g/mol. The van der Waals surface area contributed by atoms with Gasteiger partial charge >= 0.3 is 0 Å². The number of halogens is 1. The van der Waals surface area contributed by atoms with Crippen LogP contribution in [0.1, 0.15) is 28.8 Å². The molecule has 0 aliphatic carbocycles. The highest BCUT2D eigenvalue weighted by atomic mass is 79.9. The lowest BCUT2D eigenvalue weighted by molar-refractivity contribution is 0.102. The van der Waals surface area contributed by atoms with E-state index in [4.69, 9.17) is 18.9 Å². The van der Waals surface area contributed by atoms with Crippen LogP contribution < -0.4 is 9.47 Å². The predicted octanol–water partition coefficient (Wildman–Crippen LogP) is 4.02. The molecule has 0 unspecified atom stereocenters. The van der Waals surface area contributed by atoms with Crippen molar-refractivity contribution in [2.75, 3.05) is 26.4 Å². The summed E-state index contributed by atoms with van der Waals surface area (Å²) in [5.74, 6) is 1.25. The van der Waals surface area contributed by atoms with Crippen LogP contribution in [0.5, 0.6) is 11.5 Å². The molecule has 2 heterocycles. The molecule has 0 N–H and O–H groups in total. The summed E-state index contributed by atoms with van der Waals surface area (Å²) in [6, 6.07) is 12.7. The van der Waals surface area contributed by atoms with Crippen LogP contribution in [-0.4, -0.2) is 44.4 Å².